The molecule has 0 bridgehead atoms. The highest BCUT2D eigenvalue weighted by atomic mass is 16.5. The molecule has 1 aromatic carbocycles. The molecule has 0 amide bonds. The van der Waals surface area contributed by atoms with E-state index in [1.807, 2.05) is 31.2 Å². The third kappa shape index (κ3) is 3.72. The number of aromatic amines is 1. The minimum absolute atomic E-state index is 0.0548. The van der Waals surface area contributed by atoms with Gasteiger partial charge in [0, 0.05) is 21.1 Å². The van der Waals surface area contributed by atoms with Crippen LogP contribution in [-0.4, -0.2) is 51.0 Å². The van der Waals surface area contributed by atoms with Crippen molar-refractivity contribution in [3.63, 3.8) is 0 Å². The van der Waals surface area contributed by atoms with E-state index in [1.165, 1.54) is 11.6 Å². The smallest absolute Gasteiger partial charge is 0.329 e. The number of imidazole rings is 1. The Kier molecular flexibility index (Phi) is 5.04. The van der Waals surface area contributed by atoms with Crippen molar-refractivity contribution >= 4 is 17.1 Å². The highest BCUT2D eigenvalue weighted by molar-refractivity contribution is 5.74. The van der Waals surface area contributed by atoms with Crippen LogP contribution in [0, 0.1) is 6.92 Å². The first-order valence-corrected chi connectivity index (χ1v) is 8.52. The second-order valence-electron chi connectivity index (χ2n) is 6.69. The fourth-order valence-electron chi connectivity index (χ4n) is 2.83. The first-order valence-electron chi connectivity index (χ1n) is 8.52. The molecule has 0 fully saturated rings. The zero-order chi connectivity index (χ0) is 19.7. The second kappa shape index (κ2) is 7.28. The summed E-state index contributed by atoms with van der Waals surface area (Å²) in [5, 5.41) is 10.4. The molecular weight excluding hydrogens is 350 g/mol. The summed E-state index contributed by atoms with van der Waals surface area (Å²) in [4.78, 5) is 32.5. The van der Waals surface area contributed by atoms with Crippen LogP contribution in [0.15, 0.2) is 33.9 Å². The number of fused-ring (bicyclic) bond motifs is 1. The number of aryl methyl sites for hydroxylation is 2. The fourth-order valence-corrected chi connectivity index (χ4v) is 2.83. The molecule has 0 saturated heterocycles. The van der Waals surface area contributed by atoms with Crippen LogP contribution in [-0.2, 0) is 13.6 Å². The van der Waals surface area contributed by atoms with Crippen LogP contribution in [0.3, 0.4) is 0 Å². The summed E-state index contributed by atoms with van der Waals surface area (Å²) < 4.78 is 8.49. The fraction of sp³-hybridized carbons (Fsp3) is 0.389. The lowest BCUT2D eigenvalue weighted by atomic mass is 10.2. The van der Waals surface area contributed by atoms with Crippen LogP contribution in [0.1, 0.15) is 5.56 Å². The molecule has 0 saturated carbocycles. The summed E-state index contributed by atoms with van der Waals surface area (Å²) in [7, 11) is 5.09. The first-order chi connectivity index (χ1) is 12.8. The van der Waals surface area contributed by atoms with Crippen molar-refractivity contribution in [2.45, 2.75) is 19.6 Å². The number of hydrogen-bond donors (Lipinski definition) is 2. The Hall–Kier alpha value is -3.07. The third-order valence-electron chi connectivity index (χ3n) is 4.24. The molecule has 27 heavy (non-hydrogen) atoms. The number of aliphatic hydroxyl groups excluding tert-OH is 1. The van der Waals surface area contributed by atoms with Crippen LogP contribution in [0.4, 0.5) is 5.95 Å². The topological polar surface area (TPSA) is 105 Å². The second-order valence-corrected chi connectivity index (χ2v) is 6.69. The maximum atomic E-state index is 12.3. The number of nitrogens with one attached hydrogen (secondary N) is 1. The summed E-state index contributed by atoms with van der Waals surface area (Å²) in [5.41, 5.74) is 0.536. The van der Waals surface area contributed by atoms with E-state index >= 15 is 0 Å². The van der Waals surface area contributed by atoms with Crippen molar-refractivity contribution in [2.75, 3.05) is 25.6 Å². The van der Waals surface area contributed by atoms with Gasteiger partial charge in [-0.1, -0.05) is 17.7 Å². The van der Waals surface area contributed by atoms with Crippen molar-refractivity contribution in [1.29, 1.82) is 0 Å². The first kappa shape index (κ1) is 18.7. The number of rotatable bonds is 6. The molecule has 9 nitrogen and oxygen atoms in total. The quantitative estimate of drug-likeness (QED) is 0.641. The van der Waals surface area contributed by atoms with Gasteiger partial charge in [0.15, 0.2) is 11.2 Å². The Labute approximate surface area is 155 Å². The summed E-state index contributed by atoms with van der Waals surface area (Å²) >= 11 is 0. The van der Waals surface area contributed by atoms with Gasteiger partial charge in [0.2, 0.25) is 5.95 Å². The van der Waals surface area contributed by atoms with Gasteiger partial charge >= 0.3 is 5.69 Å². The summed E-state index contributed by atoms with van der Waals surface area (Å²) in [6, 6.07) is 7.52. The van der Waals surface area contributed by atoms with E-state index in [-0.39, 0.29) is 24.3 Å². The number of aliphatic hydroxyl groups is 1. The maximum Gasteiger partial charge on any atom is 0.329 e. The van der Waals surface area contributed by atoms with Crippen LogP contribution >= 0.6 is 0 Å². The van der Waals surface area contributed by atoms with E-state index < -0.39 is 17.4 Å². The minimum Gasteiger partial charge on any atom is -0.491 e. The molecule has 0 unspecified atom stereocenters. The summed E-state index contributed by atoms with van der Waals surface area (Å²) in [5.74, 6) is 1.12. The molecule has 1 atom stereocenters. The van der Waals surface area contributed by atoms with Crippen molar-refractivity contribution in [1.82, 2.24) is 19.1 Å². The third-order valence-corrected chi connectivity index (χ3v) is 4.24. The lowest BCUT2D eigenvalue weighted by Gasteiger charge is -2.18. The van der Waals surface area contributed by atoms with E-state index in [1.54, 1.807) is 23.6 Å². The van der Waals surface area contributed by atoms with Gasteiger partial charge in [-0.15, -0.1) is 0 Å². The van der Waals surface area contributed by atoms with Gasteiger partial charge in [-0.05, 0) is 19.1 Å². The number of hydrogen-bond acceptors (Lipinski definition) is 6. The molecule has 9 heteroatoms. The average molecular weight is 373 g/mol. The van der Waals surface area contributed by atoms with E-state index in [0.717, 1.165) is 5.56 Å². The van der Waals surface area contributed by atoms with Gasteiger partial charge in [-0.2, -0.15) is 4.98 Å². The zero-order valence-electron chi connectivity index (χ0n) is 15.8. The van der Waals surface area contributed by atoms with Crippen LogP contribution in [0.2, 0.25) is 0 Å². The number of nitrogens with zero attached hydrogens (tertiary/aromatic N) is 4. The van der Waals surface area contributed by atoms with Crippen LogP contribution < -0.4 is 20.9 Å². The molecule has 2 N–H and O–H groups in total. The molecular formula is C18H23N5O4. The SMILES string of the molecule is Cc1ccc(OC[C@H](O)Cn2c(N(C)C)nc3c2c(=O)[nH]c(=O)n3C)cc1. The van der Waals surface area contributed by atoms with Crippen molar-refractivity contribution in [3.05, 3.63) is 50.7 Å². The Morgan fingerprint density at radius 1 is 1.26 bits per heavy atom. The van der Waals surface area contributed by atoms with Gasteiger partial charge in [0.1, 0.15) is 18.5 Å². The molecule has 0 aliphatic rings. The van der Waals surface area contributed by atoms with Gasteiger partial charge in [0.25, 0.3) is 5.56 Å². The molecule has 3 aromatic rings. The average Bonchev–Trinajstić information content (AvgIpc) is 2.99. The van der Waals surface area contributed by atoms with E-state index in [9.17, 15) is 14.7 Å². The molecule has 0 spiro atoms. The van der Waals surface area contributed by atoms with Gasteiger partial charge in [-0.25, -0.2) is 4.79 Å². The Bertz CT molecular complexity index is 1060. The predicted octanol–water partition coefficient (Wildman–Crippen LogP) is 0.238. The maximum absolute atomic E-state index is 12.3. The Morgan fingerprint density at radius 2 is 1.93 bits per heavy atom. The predicted molar refractivity (Wildman–Crippen MR) is 103 cm³/mol. The molecule has 3 rings (SSSR count). The van der Waals surface area contributed by atoms with Crippen molar-refractivity contribution in [3.8, 4) is 5.75 Å². The Morgan fingerprint density at radius 3 is 2.56 bits per heavy atom. The highest BCUT2D eigenvalue weighted by Gasteiger charge is 2.20. The molecule has 0 aliphatic heterocycles. The molecule has 144 valence electrons. The minimum atomic E-state index is -0.876. The van der Waals surface area contributed by atoms with Gasteiger partial charge < -0.3 is 19.3 Å². The van der Waals surface area contributed by atoms with Gasteiger partial charge in [0.05, 0.1) is 6.54 Å². The van der Waals surface area contributed by atoms with E-state index in [2.05, 4.69) is 9.97 Å². The van der Waals surface area contributed by atoms with Crippen molar-refractivity contribution in [2.24, 2.45) is 7.05 Å². The van der Waals surface area contributed by atoms with Gasteiger partial charge in [-0.3, -0.25) is 14.3 Å². The molecule has 2 heterocycles. The lowest BCUT2D eigenvalue weighted by molar-refractivity contribution is 0.0937. The van der Waals surface area contributed by atoms with E-state index in [4.69, 9.17) is 4.74 Å². The zero-order valence-corrected chi connectivity index (χ0v) is 15.8. The normalized spacial score (nSPS) is 12.3. The standard InChI is InChI=1S/C18H23N5O4/c1-11-5-7-13(8-6-11)27-10-12(24)9-23-14-15(19-17(23)21(2)3)22(4)18(26)20-16(14)25/h5-8,12,24H,9-10H2,1-4H3,(H,20,25,26)/t12-/m1/s1. The number of aromatic nitrogens is 4. The van der Waals surface area contributed by atoms with Crippen LogP contribution in [0.25, 0.3) is 11.2 Å². The highest BCUT2D eigenvalue weighted by Crippen LogP contribution is 2.18. The molecule has 0 aliphatic carbocycles. The number of H-pyrrole nitrogens is 1. The Balaban J connectivity index is 1.90. The monoisotopic (exact) mass is 373 g/mol. The summed E-state index contributed by atoms with van der Waals surface area (Å²) in [6.45, 7) is 2.13. The number of anilines is 1. The summed E-state index contributed by atoms with van der Waals surface area (Å²) in [6.07, 6.45) is -0.876. The largest absolute Gasteiger partial charge is 0.491 e. The number of ether oxygens (including phenoxy) is 1. The van der Waals surface area contributed by atoms with Crippen LogP contribution in [0.5, 0.6) is 5.75 Å². The van der Waals surface area contributed by atoms with Crippen molar-refractivity contribution < 1.29 is 9.84 Å². The molecule has 0 radical (unpaired) electrons. The number of benzene rings is 1. The molecule has 2 aromatic heterocycles. The van der Waals surface area contributed by atoms with E-state index in [0.29, 0.717) is 11.7 Å². The lowest BCUT2D eigenvalue weighted by Crippen LogP contribution is -2.31.